The van der Waals surface area contributed by atoms with E-state index in [9.17, 15) is 19.5 Å². The Morgan fingerprint density at radius 1 is 1.16 bits per heavy atom. The number of nitrogens with zero attached hydrogens (tertiary/aromatic N) is 1. The van der Waals surface area contributed by atoms with E-state index in [0.717, 1.165) is 0 Å². The topological polar surface area (TPSA) is 138 Å². The van der Waals surface area contributed by atoms with Gasteiger partial charge in [0, 0.05) is 11.6 Å². The predicted molar refractivity (Wildman–Crippen MR) is 119 cm³/mol. The fourth-order valence-electron chi connectivity index (χ4n) is 3.60. The Bertz CT molecular complexity index is 835. The summed E-state index contributed by atoms with van der Waals surface area (Å²) in [7, 11) is 1.29. The molecule has 1 aromatic carbocycles. The Morgan fingerprint density at radius 2 is 1.78 bits per heavy atom. The van der Waals surface area contributed by atoms with Gasteiger partial charge in [0.25, 0.3) is 0 Å². The fraction of sp³-hybridized carbons (Fsp3) is 0.565. The van der Waals surface area contributed by atoms with Crippen LogP contribution in [0, 0.1) is 28.1 Å². The number of carbonyl (C=O) groups is 3. The zero-order valence-electron chi connectivity index (χ0n) is 19.4. The van der Waals surface area contributed by atoms with E-state index >= 15 is 0 Å². The Balaban J connectivity index is 2.65. The maximum atomic E-state index is 12.8. The third-order valence-electron chi connectivity index (χ3n) is 5.45. The van der Waals surface area contributed by atoms with Crippen LogP contribution in [0.5, 0.6) is 5.75 Å². The number of amides is 2. The molecule has 0 spiro atoms. The molecule has 3 atom stereocenters. The number of ether oxygens (including phenoxy) is 2. The average Bonchev–Trinajstić information content (AvgIpc) is 2.77. The van der Waals surface area contributed by atoms with Crippen molar-refractivity contribution in [2.75, 3.05) is 25.6 Å². The van der Waals surface area contributed by atoms with Crippen LogP contribution in [-0.4, -0.2) is 43.3 Å². The lowest BCUT2D eigenvalue weighted by atomic mass is 9.68. The summed E-state index contributed by atoms with van der Waals surface area (Å²) in [6, 6.07) is 7.64. The summed E-state index contributed by atoms with van der Waals surface area (Å²) in [5.74, 6) is -1.25. The summed E-state index contributed by atoms with van der Waals surface area (Å²) < 4.78 is 10.3. The first kappa shape index (κ1) is 26.8. The minimum absolute atomic E-state index is 0.0407. The first-order valence-electron chi connectivity index (χ1n) is 10.5. The van der Waals surface area contributed by atoms with Gasteiger partial charge in [-0.3, -0.25) is 9.59 Å². The zero-order chi connectivity index (χ0) is 24.4. The number of hydrogen-bond acceptors (Lipinski definition) is 7. The summed E-state index contributed by atoms with van der Waals surface area (Å²) in [5, 5.41) is 23.6. The van der Waals surface area contributed by atoms with Crippen molar-refractivity contribution in [3.05, 3.63) is 24.3 Å². The van der Waals surface area contributed by atoms with Crippen molar-refractivity contribution in [2.45, 2.75) is 47.0 Å². The van der Waals surface area contributed by atoms with Gasteiger partial charge in [-0.2, -0.15) is 5.26 Å². The number of carbonyl (C=O) groups excluding carboxylic acids is 3. The molecule has 32 heavy (non-hydrogen) atoms. The molecule has 3 N–H and O–H groups in total. The smallest absolute Gasteiger partial charge is 0.319 e. The van der Waals surface area contributed by atoms with Crippen LogP contribution < -0.4 is 10.6 Å². The molecule has 1 rings (SSSR count). The van der Waals surface area contributed by atoms with E-state index in [0.29, 0.717) is 12.1 Å². The van der Waals surface area contributed by atoms with Gasteiger partial charge in [0.05, 0.1) is 30.6 Å². The monoisotopic (exact) mass is 447 g/mol. The highest BCUT2D eigenvalue weighted by atomic mass is 16.5. The number of hydrogen-bond donors (Lipinski definition) is 3. The molecule has 0 heterocycles. The Morgan fingerprint density at radius 3 is 2.31 bits per heavy atom. The quantitative estimate of drug-likeness (QED) is 0.268. The second kappa shape index (κ2) is 11.9. The molecule has 176 valence electrons. The molecule has 0 aliphatic heterocycles. The van der Waals surface area contributed by atoms with E-state index in [1.54, 1.807) is 32.9 Å². The molecule has 3 unspecified atom stereocenters. The van der Waals surface area contributed by atoms with Crippen molar-refractivity contribution >= 4 is 23.7 Å². The van der Waals surface area contributed by atoms with Crippen molar-refractivity contribution in [3.8, 4) is 11.8 Å². The van der Waals surface area contributed by atoms with Crippen LogP contribution in [0.15, 0.2) is 24.3 Å². The van der Waals surface area contributed by atoms with Crippen molar-refractivity contribution in [1.82, 2.24) is 5.32 Å². The molecule has 0 aromatic heterocycles. The molecule has 0 saturated carbocycles. The number of anilines is 1. The Hall–Kier alpha value is -3.28. The Labute approximate surface area is 189 Å². The van der Waals surface area contributed by atoms with Gasteiger partial charge in [0.2, 0.25) is 0 Å². The molecular formula is C23H33N3O6. The highest BCUT2D eigenvalue weighted by Crippen LogP contribution is 2.42. The second-order valence-corrected chi connectivity index (χ2v) is 8.44. The number of nitriles is 1. The minimum Gasteiger partial charge on any atom is -0.508 e. The van der Waals surface area contributed by atoms with Crippen LogP contribution in [0.1, 0.15) is 47.0 Å². The van der Waals surface area contributed by atoms with Gasteiger partial charge in [-0.15, -0.1) is 0 Å². The van der Waals surface area contributed by atoms with Crippen LogP contribution in [0.3, 0.4) is 0 Å². The van der Waals surface area contributed by atoms with Gasteiger partial charge in [-0.1, -0.05) is 6.92 Å². The molecule has 1 aromatic rings. The van der Waals surface area contributed by atoms with Gasteiger partial charge in [0.15, 0.2) is 0 Å². The maximum Gasteiger partial charge on any atom is 0.319 e. The first-order valence-corrected chi connectivity index (χ1v) is 10.5. The number of phenols is 1. The largest absolute Gasteiger partial charge is 0.508 e. The molecule has 9 nitrogen and oxygen atoms in total. The fourth-order valence-corrected chi connectivity index (χ4v) is 3.60. The molecule has 9 heteroatoms. The van der Waals surface area contributed by atoms with Crippen LogP contribution >= 0.6 is 0 Å². The Kier molecular flexibility index (Phi) is 9.98. The van der Waals surface area contributed by atoms with E-state index < -0.39 is 28.8 Å². The number of urea groups is 1. The van der Waals surface area contributed by atoms with Gasteiger partial charge >= 0.3 is 18.0 Å². The highest BCUT2D eigenvalue weighted by Gasteiger charge is 2.46. The highest BCUT2D eigenvalue weighted by molar-refractivity contribution is 5.89. The minimum atomic E-state index is -1.02. The molecule has 0 aliphatic carbocycles. The van der Waals surface area contributed by atoms with Crippen LogP contribution in [0.25, 0.3) is 0 Å². The molecule has 0 aliphatic rings. The predicted octanol–water partition coefficient (Wildman–Crippen LogP) is 3.59. The summed E-state index contributed by atoms with van der Waals surface area (Å²) in [6.07, 6.45) is 0.856. The first-order chi connectivity index (χ1) is 15.0. The summed E-state index contributed by atoms with van der Waals surface area (Å²) >= 11 is 0. The van der Waals surface area contributed by atoms with Crippen LogP contribution in [-0.2, 0) is 19.1 Å². The van der Waals surface area contributed by atoms with E-state index in [1.165, 1.54) is 19.2 Å². The van der Waals surface area contributed by atoms with E-state index in [4.69, 9.17) is 14.7 Å². The molecule has 2 amide bonds. The molecule has 0 fully saturated rings. The molecular weight excluding hydrogens is 414 g/mol. The van der Waals surface area contributed by atoms with E-state index in [1.807, 2.05) is 6.92 Å². The number of methoxy groups -OCH3 is 1. The lowest BCUT2D eigenvalue weighted by molar-refractivity contribution is -0.163. The number of rotatable bonds is 11. The number of phenolic OH excluding ortho intramolecular Hbond substituents is 1. The van der Waals surface area contributed by atoms with Crippen LogP contribution in [0.4, 0.5) is 10.5 Å². The number of benzene rings is 1. The summed E-state index contributed by atoms with van der Waals surface area (Å²) in [4.78, 5) is 37.2. The summed E-state index contributed by atoms with van der Waals surface area (Å²) in [5.41, 5.74) is -1.48. The lowest BCUT2D eigenvalue weighted by Crippen LogP contribution is -2.41. The van der Waals surface area contributed by atoms with Crippen molar-refractivity contribution in [1.29, 1.82) is 5.26 Å². The standard InChI is InChI=1S/C23H33N3O6/c1-6-22(3,15-23(4,19(28)31-5)13-16(2)14-24)20(29)32-12-11-25-21(30)26-17-7-9-18(27)10-8-17/h7-10,16,27H,6,11-13,15H2,1-5H3,(H2,25,26,30). The molecule has 0 radical (unpaired) electrons. The van der Waals surface area contributed by atoms with Crippen molar-refractivity contribution in [3.63, 3.8) is 0 Å². The lowest BCUT2D eigenvalue weighted by Gasteiger charge is -2.36. The van der Waals surface area contributed by atoms with E-state index in [-0.39, 0.29) is 37.7 Å². The van der Waals surface area contributed by atoms with Crippen molar-refractivity contribution < 1.29 is 29.0 Å². The normalized spacial score (nSPS) is 15.2. The number of aromatic hydroxyl groups is 1. The maximum absolute atomic E-state index is 12.8. The van der Waals surface area contributed by atoms with Gasteiger partial charge in [-0.25, -0.2) is 4.79 Å². The molecule has 0 bridgehead atoms. The van der Waals surface area contributed by atoms with Gasteiger partial charge in [-0.05, 0) is 64.3 Å². The number of nitrogens with one attached hydrogen (secondary N) is 2. The average molecular weight is 448 g/mol. The summed E-state index contributed by atoms with van der Waals surface area (Å²) in [6.45, 7) is 7.02. The van der Waals surface area contributed by atoms with Crippen molar-refractivity contribution in [2.24, 2.45) is 16.7 Å². The third kappa shape index (κ3) is 7.76. The zero-order valence-corrected chi connectivity index (χ0v) is 19.4. The molecule has 0 saturated heterocycles. The van der Waals surface area contributed by atoms with E-state index in [2.05, 4.69) is 16.7 Å². The third-order valence-corrected chi connectivity index (χ3v) is 5.45. The number of esters is 2. The second-order valence-electron chi connectivity index (χ2n) is 8.44. The SMILES string of the molecule is CCC(C)(CC(C)(CC(C)C#N)C(=O)OC)C(=O)OCCNC(=O)Nc1ccc(O)cc1. The van der Waals surface area contributed by atoms with Gasteiger partial charge in [0.1, 0.15) is 12.4 Å². The van der Waals surface area contributed by atoms with Crippen LogP contribution in [0.2, 0.25) is 0 Å². The van der Waals surface area contributed by atoms with Gasteiger partial charge < -0.3 is 25.2 Å².